The van der Waals surface area contributed by atoms with Crippen molar-refractivity contribution < 1.29 is 23.9 Å². The van der Waals surface area contributed by atoms with Gasteiger partial charge in [-0.2, -0.15) is 0 Å². The number of hydrogen-bond donors (Lipinski definition) is 1. The van der Waals surface area contributed by atoms with Crippen molar-refractivity contribution >= 4 is 34.1 Å². The zero-order valence-electron chi connectivity index (χ0n) is 16.8. The maximum atomic E-state index is 12.4. The second-order valence-corrected chi connectivity index (χ2v) is 8.68. The van der Waals surface area contributed by atoms with Gasteiger partial charge in [-0.25, -0.2) is 4.98 Å². The molecule has 2 aliphatic carbocycles. The monoisotopic (exact) mass is 428 g/mol. The summed E-state index contributed by atoms with van der Waals surface area (Å²) in [5.74, 6) is -0.0630. The molecule has 0 aliphatic heterocycles. The SMILES string of the molecule is COc1ccc(-c2csc(NC(=O)COC(=O)C3CC4CCCC(C3)C4=O)n2)cc1. The number of carbonyl (C=O) groups excluding carboxylic acids is 3. The minimum Gasteiger partial charge on any atom is -0.497 e. The quantitative estimate of drug-likeness (QED) is 0.705. The highest BCUT2D eigenvalue weighted by Gasteiger charge is 2.41. The Morgan fingerprint density at radius 2 is 1.87 bits per heavy atom. The highest BCUT2D eigenvalue weighted by Crippen LogP contribution is 2.40. The molecular formula is C22H24N2O5S. The number of anilines is 1. The van der Waals surface area contributed by atoms with E-state index >= 15 is 0 Å². The fourth-order valence-corrected chi connectivity index (χ4v) is 5.04. The Kier molecular flexibility index (Phi) is 6.13. The van der Waals surface area contributed by atoms with Gasteiger partial charge in [0.05, 0.1) is 18.7 Å². The molecule has 8 heteroatoms. The van der Waals surface area contributed by atoms with Crippen LogP contribution in [0.3, 0.4) is 0 Å². The van der Waals surface area contributed by atoms with Gasteiger partial charge in [-0.3, -0.25) is 19.7 Å². The minimum atomic E-state index is -0.425. The molecule has 2 atom stereocenters. The van der Waals surface area contributed by atoms with Crippen molar-refractivity contribution in [2.24, 2.45) is 17.8 Å². The van der Waals surface area contributed by atoms with Crippen molar-refractivity contribution in [1.29, 1.82) is 0 Å². The highest BCUT2D eigenvalue weighted by atomic mass is 32.1. The molecule has 2 aliphatic rings. The number of fused-ring (bicyclic) bond motifs is 2. The van der Waals surface area contributed by atoms with Crippen LogP contribution in [-0.2, 0) is 19.1 Å². The molecule has 0 spiro atoms. The predicted molar refractivity (Wildman–Crippen MR) is 112 cm³/mol. The summed E-state index contributed by atoms with van der Waals surface area (Å²) in [6.07, 6.45) is 3.87. The standard InChI is InChI=1S/C22H24N2O5S/c1-28-17-7-5-13(6-8-17)18-12-30-22(23-18)24-19(25)11-29-21(27)16-9-14-3-2-4-15(10-16)20(14)26/h5-8,12,14-16H,2-4,9-11H2,1H3,(H,23,24,25). The van der Waals surface area contributed by atoms with Gasteiger partial charge in [-0.1, -0.05) is 6.42 Å². The van der Waals surface area contributed by atoms with Crippen LogP contribution in [0.1, 0.15) is 32.1 Å². The van der Waals surface area contributed by atoms with Crippen molar-refractivity contribution in [1.82, 2.24) is 4.98 Å². The molecule has 158 valence electrons. The van der Waals surface area contributed by atoms with Crippen LogP contribution in [0.25, 0.3) is 11.3 Å². The van der Waals surface area contributed by atoms with Crippen LogP contribution in [0.5, 0.6) is 5.75 Å². The number of rotatable bonds is 6. The number of nitrogens with zero attached hydrogens (tertiary/aromatic N) is 1. The zero-order valence-corrected chi connectivity index (χ0v) is 17.6. The third-order valence-electron chi connectivity index (χ3n) is 5.86. The fraction of sp³-hybridized carbons (Fsp3) is 0.455. The van der Waals surface area contributed by atoms with E-state index in [1.807, 2.05) is 29.6 Å². The Balaban J connectivity index is 1.27. The number of ketones is 1. The van der Waals surface area contributed by atoms with Gasteiger partial charge in [0.1, 0.15) is 11.5 Å². The molecule has 0 saturated heterocycles. The first-order chi connectivity index (χ1) is 14.5. The predicted octanol–water partition coefficient (Wildman–Crippen LogP) is 3.70. The molecule has 2 unspecified atom stereocenters. The summed E-state index contributed by atoms with van der Waals surface area (Å²) in [4.78, 5) is 41.1. The summed E-state index contributed by atoms with van der Waals surface area (Å²) in [6.45, 7) is -0.351. The van der Waals surface area contributed by atoms with E-state index in [2.05, 4.69) is 10.3 Å². The van der Waals surface area contributed by atoms with Crippen LogP contribution in [-0.4, -0.2) is 36.4 Å². The average molecular weight is 429 g/mol. The van der Waals surface area contributed by atoms with E-state index in [0.29, 0.717) is 23.8 Å². The van der Waals surface area contributed by atoms with E-state index in [-0.39, 0.29) is 30.3 Å². The Morgan fingerprint density at radius 1 is 1.17 bits per heavy atom. The van der Waals surface area contributed by atoms with Gasteiger partial charge in [-0.05, 0) is 49.9 Å². The largest absolute Gasteiger partial charge is 0.497 e. The lowest BCUT2D eigenvalue weighted by Gasteiger charge is -2.36. The van der Waals surface area contributed by atoms with E-state index in [4.69, 9.17) is 9.47 Å². The van der Waals surface area contributed by atoms with E-state index in [1.54, 1.807) is 7.11 Å². The third-order valence-corrected chi connectivity index (χ3v) is 6.62. The smallest absolute Gasteiger partial charge is 0.309 e. The topological polar surface area (TPSA) is 94.6 Å². The lowest BCUT2D eigenvalue weighted by atomic mass is 9.67. The van der Waals surface area contributed by atoms with E-state index in [0.717, 1.165) is 36.3 Å². The number of Topliss-reactive ketones (excluding diaryl/α,β-unsaturated/α-hetero) is 1. The molecule has 2 saturated carbocycles. The number of aromatic nitrogens is 1. The molecule has 30 heavy (non-hydrogen) atoms. The maximum Gasteiger partial charge on any atom is 0.309 e. The first kappa shape index (κ1) is 20.5. The molecule has 2 fully saturated rings. The summed E-state index contributed by atoms with van der Waals surface area (Å²) in [7, 11) is 1.61. The summed E-state index contributed by atoms with van der Waals surface area (Å²) in [5, 5.41) is 4.96. The molecule has 1 aromatic heterocycles. The van der Waals surface area contributed by atoms with Crippen molar-refractivity contribution in [3.8, 4) is 17.0 Å². The number of nitrogens with one attached hydrogen (secondary N) is 1. The van der Waals surface area contributed by atoms with Crippen molar-refractivity contribution in [3.05, 3.63) is 29.6 Å². The van der Waals surface area contributed by atoms with Crippen molar-refractivity contribution in [2.45, 2.75) is 32.1 Å². The normalized spacial score (nSPS) is 23.0. The van der Waals surface area contributed by atoms with E-state index in [9.17, 15) is 14.4 Å². The van der Waals surface area contributed by atoms with Crippen LogP contribution in [0.15, 0.2) is 29.6 Å². The van der Waals surface area contributed by atoms with Crippen LogP contribution in [0.2, 0.25) is 0 Å². The van der Waals surface area contributed by atoms with E-state index in [1.165, 1.54) is 11.3 Å². The molecule has 0 radical (unpaired) electrons. The number of methoxy groups -OCH3 is 1. The molecule has 1 heterocycles. The van der Waals surface area contributed by atoms with Gasteiger partial charge < -0.3 is 9.47 Å². The zero-order chi connectivity index (χ0) is 21.1. The molecule has 1 aromatic carbocycles. The first-order valence-electron chi connectivity index (χ1n) is 10.1. The number of thiazole rings is 1. The molecule has 4 rings (SSSR count). The molecule has 2 aromatic rings. The Morgan fingerprint density at radius 3 is 2.53 bits per heavy atom. The van der Waals surface area contributed by atoms with Gasteiger partial charge >= 0.3 is 5.97 Å². The van der Waals surface area contributed by atoms with Gasteiger partial charge in [0.25, 0.3) is 5.91 Å². The number of benzene rings is 1. The lowest BCUT2D eigenvalue weighted by Crippen LogP contribution is -2.40. The summed E-state index contributed by atoms with van der Waals surface area (Å²) in [6, 6.07) is 7.48. The molecule has 2 bridgehead atoms. The third kappa shape index (κ3) is 4.53. The number of esters is 1. The molecular weight excluding hydrogens is 404 g/mol. The average Bonchev–Trinajstić information content (AvgIpc) is 3.20. The number of amides is 1. The highest BCUT2D eigenvalue weighted by molar-refractivity contribution is 7.14. The summed E-state index contributed by atoms with van der Waals surface area (Å²) >= 11 is 1.30. The van der Waals surface area contributed by atoms with Gasteiger partial charge in [0.2, 0.25) is 0 Å². The van der Waals surface area contributed by atoms with Gasteiger partial charge in [-0.15, -0.1) is 11.3 Å². The number of carbonyl (C=O) groups is 3. The summed E-state index contributed by atoms with van der Waals surface area (Å²) in [5.41, 5.74) is 1.66. The molecule has 7 nitrogen and oxygen atoms in total. The van der Waals surface area contributed by atoms with Gasteiger partial charge in [0.15, 0.2) is 11.7 Å². The minimum absolute atomic E-state index is 0.0180. The van der Waals surface area contributed by atoms with E-state index < -0.39 is 5.91 Å². The Labute approximate surface area is 178 Å². The number of hydrogen-bond acceptors (Lipinski definition) is 7. The van der Waals surface area contributed by atoms with Crippen molar-refractivity contribution in [3.63, 3.8) is 0 Å². The second-order valence-electron chi connectivity index (χ2n) is 7.82. The second kappa shape index (κ2) is 8.95. The number of ether oxygens (including phenoxy) is 2. The fourth-order valence-electron chi connectivity index (χ4n) is 4.31. The maximum absolute atomic E-state index is 12.4. The molecule has 1 amide bonds. The van der Waals surface area contributed by atoms with Crippen LogP contribution in [0.4, 0.5) is 5.13 Å². The summed E-state index contributed by atoms with van der Waals surface area (Å²) < 4.78 is 10.4. The van der Waals surface area contributed by atoms with Crippen LogP contribution >= 0.6 is 11.3 Å². The molecule has 1 N–H and O–H groups in total. The first-order valence-corrected chi connectivity index (χ1v) is 11.0. The van der Waals surface area contributed by atoms with Gasteiger partial charge in [0, 0.05) is 22.8 Å². The van der Waals surface area contributed by atoms with Crippen LogP contribution < -0.4 is 10.1 Å². The Bertz CT molecular complexity index is 923. The van der Waals surface area contributed by atoms with Crippen LogP contribution in [0, 0.1) is 17.8 Å². The lowest BCUT2D eigenvalue weighted by molar-refractivity contribution is -0.155. The Hall–Kier alpha value is -2.74. The van der Waals surface area contributed by atoms with Crippen molar-refractivity contribution in [2.75, 3.05) is 19.0 Å².